The molecule has 1 N–H and O–H groups in total. The van der Waals surface area contributed by atoms with Crippen molar-refractivity contribution in [3.8, 4) is 5.75 Å². The Morgan fingerprint density at radius 2 is 2.19 bits per heavy atom. The van der Waals surface area contributed by atoms with Crippen LogP contribution in [0.1, 0.15) is 51.0 Å². The quantitative estimate of drug-likeness (QED) is 0.745. The lowest BCUT2D eigenvalue weighted by atomic mass is 10.0. The fourth-order valence-electron chi connectivity index (χ4n) is 2.97. The molecule has 1 aliphatic heterocycles. The van der Waals surface area contributed by atoms with Crippen LogP contribution in [0.25, 0.3) is 0 Å². The summed E-state index contributed by atoms with van der Waals surface area (Å²) in [5, 5.41) is 9.29. The van der Waals surface area contributed by atoms with E-state index < -0.39 is 0 Å². The average molecular weight is 291 g/mol. The predicted molar refractivity (Wildman–Crippen MR) is 86.9 cm³/mol. The van der Waals surface area contributed by atoms with E-state index in [0.29, 0.717) is 18.6 Å². The second kappa shape index (κ2) is 8.40. The van der Waals surface area contributed by atoms with Crippen molar-refractivity contribution < 1.29 is 9.84 Å². The van der Waals surface area contributed by atoms with Crippen molar-refractivity contribution in [1.82, 2.24) is 4.90 Å². The second-order valence-corrected chi connectivity index (χ2v) is 6.30. The summed E-state index contributed by atoms with van der Waals surface area (Å²) in [7, 11) is 0. The molecule has 1 fully saturated rings. The van der Waals surface area contributed by atoms with Gasteiger partial charge in [-0.2, -0.15) is 0 Å². The highest BCUT2D eigenvalue weighted by atomic mass is 16.5. The number of aliphatic hydroxyl groups excluding tert-OH is 1. The zero-order valence-electron chi connectivity index (χ0n) is 13.4. The van der Waals surface area contributed by atoms with Crippen molar-refractivity contribution in [2.75, 3.05) is 26.3 Å². The Bertz CT molecular complexity index is 419. The lowest BCUT2D eigenvalue weighted by Crippen LogP contribution is -2.33. The monoisotopic (exact) mass is 291 g/mol. The van der Waals surface area contributed by atoms with E-state index in [1.165, 1.54) is 12.0 Å². The molecule has 0 aromatic heterocycles. The smallest absolute Gasteiger partial charge is 0.119 e. The predicted octanol–water partition coefficient (Wildman–Crippen LogP) is 3.43. The summed E-state index contributed by atoms with van der Waals surface area (Å²) in [6.45, 7) is 7.71. The van der Waals surface area contributed by atoms with E-state index in [4.69, 9.17) is 4.74 Å². The number of likely N-dealkylation sites (tertiary alicyclic amines) is 1. The van der Waals surface area contributed by atoms with Crippen LogP contribution >= 0.6 is 0 Å². The number of ether oxygens (including phenoxy) is 1. The van der Waals surface area contributed by atoms with Crippen LogP contribution in [0.3, 0.4) is 0 Å². The van der Waals surface area contributed by atoms with Gasteiger partial charge in [0.05, 0.1) is 13.2 Å². The molecule has 0 saturated carbocycles. The van der Waals surface area contributed by atoms with Gasteiger partial charge in [0.1, 0.15) is 5.75 Å². The fraction of sp³-hybridized carbons (Fsp3) is 0.667. The second-order valence-electron chi connectivity index (χ2n) is 6.30. The van der Waals surface area contributed by atoms with Crippen molar-refractivity contribution in [2.45, 2.75) is 51.5 Å². The van der Waals surface area contributed by atoms with Gasteiger partial charge in [0, 0.05) is 6.04 Å². The van der Waals surface area contributed by atoms with Gasteiger partial charge in [0.25, 0.3) is 0 Å². The minimum Gasteiger partial charge on any atom is -0.494 e. The van der Waals surface area contributed by atoms with Crippen LogP contribution in [0.2, 0.25) is 0 Å². The van der Waals surface area contributed by atoms with E-state index in [2.05, 4.69) is 36.9 Å². The lowest BCUT2D eigenvalue weighted by Gasteiger charge is -2.22. The molecule has 0 aliphatic carbocycles. The highest BCUT2D eigenvalue weighted by Gasteiger charge is 2.22. The third-order valence-electron chi connectivity index (χ3n) is 4.34. The van der Waals surface area contributed by atoms with E-state index in [-0.39, 0.29) is 0 Å². The Balaban J connectivity index is 1.64. The van der Waals surface area contributed by atoms with Crippen molar-refractivity contribution in [2.24, 2.45) is 0 Å². The van der Waals surface area contributed by atoms with Crippen LogP contribution in [0, 0.1) is 0 Å². The molecule has 1 aliphatic rings. The summed E-state index contributed by atoms with van der Waals surface area (Å²) in [5.74, 6) is 1.52. The Labute approximate surface area is 128 Å². The standard InChI is InChI=1S/C18H29NO2/c1-15(2)16-7-5-9-18(13-16)21-12-4-3-10-19-11-6-8-17(19)14-20/h5,7,9,13,15,17,20H,3-4,6,8,10-12,14H2,1-2H3/t17-/m0/s1. The van der Waals surface area contributed by atoms with Gasteiger partial charge < -0.3 is 9.84 Å². The van der Waals surface area contributed by atoms with Crippen LogP contribution < -0.4 is 4.74 Å². The first kappa shape index (κ1) is 16.3. The van der Waals surface area contributed by atoms with E-state index in [1.54, 1.807) is 0 Å². The average Bonchev–Trinajstić information content (AvgIpc) is 2.94. The van der Waals surface area contributed by atoms with Crippen molar-refractivity contribution in [1.29, 1.82) is 0 Å². The molecular formula is C18H29NO2. The maximum Gasteiger partial charge on any atom is 0.119 e. The van der Waals surface area contributed by atoms with Crippen molar-refractivity contribution in [3.63, 3.8) is 0 Å². The fourth-order valence-corrected chi connectivity index (χ4v) is 2.97. The topological polar surface area (TPSA) is 32.7 Å². The largest absolute Gasteiger partial charge is 0.494 e. The Hall–Kier alpha value is -1.06. The number of hydrogen-bond acceptors (Lipinski definition) is 3. The van der Waals surface area contributed by atoms with Crippen LogP contribution in [0.15, 0.2) is 24.3 Å². The maximum absolute atomic E-state index is 9.29. The lowest BCUT2D eigenvalue weighted by molar-refractivity contribution is 0.155. The molecule has 1 aromatic carbocycles. The summed E-state index contributed by atoms with van der Waals surface area (Å²) in [5.41, 5.74) is 1.33. The van der Waals surface area contributed by atoms with Gasteiger partial charge in [0.2, 0.25) is 0 Å². The molecule has 0 bridgehead atoms. The Morgan fingerprint density at radius 1 is 1.33 bits per heavy atom. The van der Waals surface area contributed by atoms with Gasteiger partial charge in [-0.15, -0.1) is 0 Å². The third kappa shape index (κ3) is 5.01. The normalized spacial score (nSPS) is 19.3. The minimum atomic E-state index is 0.304. The van der Waals surface area contributed by atoms with Gasteiger partial charge in [0.15, 0.2) is 0 Å². The SMILES string of the molecule is CC(C)c1cccc(OCCCCN2CCC[C@H]2CO)c1. The Kier molecular flexibility index (Phi) is 6.52. The number of hydrogen-bond donors (Lipinski definition) is 1. The number of aliphatic hydroxyl groups is 1. The summed E-state index contributed by atoms with van der Waals surface area (Å²) < 4.78 is 5.85. The van der Waals surface area contributed by atoms with Gasteiger partial charge in [-0.3, -0.25) is 4.90 Å². The number of benzene rings is 1. The van der Waals surface area contributed by atoms with Gasteiger partial charge in [-0.1, -0.05) is 26.0 Å². The number of nitrogens with zero attached hydrogens (tertiary/aromatic N) is 1. The molecule has 1 heterocycles. The molecule has 2 rings (SSSR count). The molecule has 3 heteroatoms. The van der Waals surface area contributed by atoms with Crippen molar-refractivity contribution >= 4 is 0 Å². The zero-order chi connectivity index (χ0) is 15.1. The van der Waals surface area contributed by atoms with Gasteiger partial charge >= 0.3 is 0 Å². The highest BCUT2D eigenvalue weighted by Crippen LogP contribution is 2.20. The molecule has 1 saturated heterocycles. The molecule has 0 spiro atoms. The molecule has 21 heavy (non-hydrogen) atoms. The van der Waals surface area contributed by atoms with E-state index in [9.17, 15) is 5.11 Å². The molecule has 1 aromatic rings. The van der Waals surface area contributed by atoms with E-state index in [1.807, 2.05) is 6.07 Å². The summed E-state index contributed by atoms with van der Waals surface area (Å²) in [6.07, 6.45) is 4.58. The van der Waals surface area contributed by atoms with E-state index >= 15 is 0 Å². The number of unbranched alkanes of at least 4 members (excludes halogenated alkanes) is 1. The van der Waals surface area contributed by atoms with Gasteiger partial charge in [-0.25, -0.2) is 0 Å². The number of rotatable bonds is 8. The van der Waals surface area contributed by atoms with Crippen LogP contribution in [-0.2, 0) is 0 Å². The van der Waals surface area contributed by atoms with E-state index in [0.717, 1.165) is 44.7 Å². The van der Waals surface area contributed by atoms with Crippen molar-refractivity contribution in [3.05, 3.63) is 29.8 Å². The summed E-state index contributed by atoms with van der Waals surface area (Å²) in [4.78, 5) is 2.42. The van der Waals surface area contributed by atoms with Crippen LogP contribution in [0.5, 0.6) is 5.75 Å². The maximum atomic E-state index is 9.29. The minimum absolute atomic E-state index is 0.304. The molecular weight excluding hydrogens is 262 g/mol. The molecule has 3 nitrogen and oxygen atoms in total. The summed E-state index contributed by atoms with van der Waals surface area (Å²) >= 11 is 0. The first-order valence-electron chi connectivity index (χ1n) is 8.28. The molecule has 0 unspecified atom stereocenters. The first-order chi connectivity index (χ1) is 10.2. The van der Waals surface area contributed by atoms with Gasteiger partial charge in [-0.05, 0) is 62.4 Å². The van der Waals surface area contributed by atoms with Crippen LogP contribution in [-0.4, -0.2) is 42.4 Å². The summed E-state index contributed by atoms with van der Waals surface area (Å²) in [6, 6.07) is 8.80. The molecule has 1 atom stereocenters. The first-order valence-corrected chi connectivity index (χ1v) is 8.28. The third-order valence-corrected chi connectivity index (χ3v) is 4.34. The molecule has 0 amide bonds. The highest BCUT2D eigenvalue weighted by molar-refractivity contribution is 5.30. The zero-order valence-corrected chi connectivity index (χ0v) is 13.4. The van der Waals surface area contributed by atoms with Crippen LogP contribution in [0.4, 0.5) is 0 Å². The Morgan fingerprint density at radius 3 is 2.95 bits per heavy atom. The molecule has 118 valence electrons. The molecule has 0 radical (unpaired) electrons.